The molecule has 1 fully saturated rings. The van der Waals surface area contributed by atoms with Crippen molar-refractivity contribution in [2.24, 2.45) is 0 Å². The number of aromatic nitrogens is 1. The van der Waals surface area contributed by atoms with Gasteiger partial charge in [0.2, 0.25) is 0 Å². The molecule has 3 nitrogen and oxygen atoms in total. The first-order chi connectivity index (χ1) is 14.7. The molecule has 1 saturated heterocycles. The first-order valence-corrected chi connectivity index (χ1v) is 11.2. The number of fused-ring (bicyclic) bond motifs is 2. The van der Waals surface area contributed by atoms with Crippen molar-refractivity contribution in [1.29, 1.82) is 0 Å². The third-order valence-electron chi connectivity index (χ3n) is 5.52. The van der Waals surface area contributed by atoms with Gasteiger partial charge in [-0.05, 0) is 35.4 Å². The predicted molar refractivity (Wildman–Crippen MR) is 131 cm³/mol. The summed E-state index contributed by atoms with van der Waals surface area (Å²) in [6.45, 7) is 3.32. The number of thiocarbonyl (C=S) groups is 1. The van der Waals surface area contributed by atoms with Crippen LogP contribution in [-0.2, 0) is 11.3 Å². The van der Waals surface area contributed by atoms with Gasteiger partial charge in [-0.25, -0.2) is 0 Å². The molecule has 0 N–H and O–H groups in total. The lowest BCUT2D eigenvalue weighted by atomic mass is 10.0. The molecule has 0 spiro atoms. The van der Waals surface area contributed by atoms with Crippen LogP contribution in [0.4, 0.5) is 0 Å². The summed E-state index contributed by atoms with van der Waals surface area (Å²) in [5.41, 5.74) is 3.47. The molecule has 0 aliphatic carbocycles. The van der Waals surface area contributed by atoms with Gasteiger partial charge in [0.25, 0.3) is 5.91 Å². The molecule has 0 saturated carbocycles. The van der Waals surface area contributed by atoms with Gasteiger partial charge < -0.3 is 4.57 Å². The quantitative estimate of drug-likeness (QED) is 0.292. The molecule has 5 heteroatoms. The largest absolute Gasteiger partial charge is 0.342 e. The first kappa shape index (κ1) is 19.1. The van der Waals surface area contributed by atoms with Crippen molar-refractivity contribution in [3.8, 4) is 0 Å². The van der Waals surface area contributed by atoms with Crippen molar-refractivity contribution in [3.63, 3.8) is 0 Å². The van der Waals surface area contributed by atoms with Crippen LogP contribution in [-0.4, -0.2) is 26.2 Å². The van der Waals surface area contributed by atoms with Gasteiger partial charge in [0, 0.05) is 35.8 Å². The number of carbonyl (C=O) groups excluding carboxylic acids is 1. The van der Waals surface area contributed by atoms with Gasteiger partial charge in [0.05, 0.1) is 4.91 Å². The fourth-order valence-corrected chi connectivity index (χ4v) is 5.42. The highest BCUT2D eigenvalue weighted by Crippen LogP contribution is 2.34. The van der Waals surface area contributed by atoms with Crippen molar-refractivity contribution < 1.29 is 4.79 Å². The highest BCUT2D eigenvalue weighted by atomic mass is 32.2. The smallest absolute Gasteiger partial charge is 0.266 e. The van der Waals surface area contributed by atoms with Crippen LogP contribution in [0, 0.1) is 0 Å². The van der Waals surface area contributed by atoms with Gasteiger partial charge in [-0.1, -0.05) is 84.6 Å². The lowest BCUT2D eigenvalue weighted by Gasteiger charge is -2.09. The second kappa shape index (κ2) is 7.74. The summed E-state index contributed by atoms with van der Waals surface area (Å²) in [6, 6.07) is 23.3. The minimum atomic E-state index is -0.00150. The number of para-hydroxylation sites is 1. The van der Waals surface area contributed by atoms with E-state index in [1.165, 1.54) is 28.1 Å². The number of hydrogen-bond acceptors (Lipinski definition) is 3. The standard InChI is InChI=1S/C25H20N2OS2/c1-2-27-24(28)23(30-25(27)29)14-19-16-26(22-13-6-5-12-21(19)22)15-18-10-7-9-17-8-3-4-11-20(17)18/h3-14,16H,2,15H2,1H3/b23-14-. The van der Waals surface area contributed by atoms with Crippen LogP contribution in [0.5, 0.6) is 0 Å². The number of amides is 1. The minimum absolute atomic E-state index is 0.00150. The Balaban J connectivity index is 1.59. The number of rotatable bonds is 4. The average molecular weight is 429 g/mol. The van der Waals surface area contributed by atoms with Crippen LogP contribution in [0.3, 0.4) is 0 Å². The minimum Gasteiger partial charge on any atom is -0.342 e. The first-order valence-electron chi connectivity index (χ1n) is 9.95. The van der Waals surface area contributed by atoms with E-state index in [0.29, 0.717) is 15.8 Å². The Morgan fingerprint density at radius 3 is 2.50 bits per heavy atom. The topological polar surface area (TPSA) is 25.2 Å². The van der Waals surface area contributed by atoms with Crippen LogP contribution in [0.15, 0.2) is 77.8 Å². The Labute approximate surface area is 185 Å². The lowest BCUT2D eigenvalue weighted by molar-refractivity contribution is -0.121. The molecular weight excluding hydrogens is 408 g/mol. The average Bonchev–Trinajstić information content (AvgIpc) is 3.25. The summed E-state index contributed by atoms with van der Waals surface area (Å²) in [6.07, 6.45) is 4.13. The zero-order chi connectivity index (χ0) is 20.7. The van der Waals surface area contributed by atoms with E-state index in [0.717, 1.165) is 23.0 Å². The molecule has 1 aliphatic rings. The van der Waals surface area contributed by atoms with Gasteiger partial charge in [-0.3, -0.25) is 9.69 Å². The zero-order valence-electron chi connectivity index (χ0n) is 16.5. The molecule has 1 aliphatic heterocycles. The molecular formula is C25H20N2OS2. The number of hydrogen-bond donors (Lipinski definition) is 0. The summed E-state index contributed by atoms with van der Waals surface area (Å²) >= 11 is 6.75. The summed E-state index contributed by atoms with van der Waals surface area (Å²) < 4.78 is 2.90. The molecule has 0 radical (unpaired) electrons. The maximum Gasteiger partial charge on any atom is 0.266 e. The van der Waals surface area contributed by atoms with E-state index in [1.807, 2.05) is 19.1 Å². The molecule has 1 amide bonds. The lowest BCUT2D eigenvalue weighted by Crippen LogP contribution is -2.27. The summed E-state index contributed by atoms with van der Waals surface area (Å²) in [5.74, 6) is -0.00150. The van der Waals surface area contributed by atoms with E-state index >= 15 is 0 Å². The van der Waals surface area contributed by atoms with Crippen LogP contribution >= 0.6 is 24.0 Å². The van der Waals surface area contributed by atoms with Crippen molar-refractivity contribution in [2.75, 3.05) is 6.54 Å². The SMILES string of the molecule is CCN1C(=O)/C(=C/c2cn(Cc3cccc4ccccc34)c3ccccc23)SC1=S. The van der Waals surface area contributed by atoms with E-state index in [1.54, 1.807) is 4.90 Å². The van der Waals surface area contributed by atoms with Crippen molar-refractivity contribution >= 4 is 62.0 Å². The van der Waals surface area contributed by atoms with Crippen LogP contribution in [0.2, 0.25) is 0 Å². The molecule has 3 aromatic carbocycles. The molecule has 4 aromatic rings. The second-order valence-corrected chi connectivity index (χ2v) is 8.97. The van der Waals surface area contributed by atoms with Crippen LogP contribution in [0.1, 0.15) is 18.1 Å². The van der Waals surface area contributed by atoms with E-state index < -0.39 is 0 Å². The Bertz CT molecular complexity index is 1330. The molecule has 0 bridgehead atoms. The highest BCUT2D eigenvalue weighted by Gasteiger charge is 2.30. The van der Waals surface area contributed by atoms with Gasteiger partial charge in [-0.2, -0.15) is 0 Å². The van der Waals surface area contributed by atoms with Crippen molar-refractivity contribution in [2.45, 2.75) is 13.5 Å². The number of carbonyl (C=O) groups is 1. The van der Waals surface area contributed by atoms with E-state index in [9.17, 15) is 4.79 Å². The Morgan fingerprint density at radius 1 is 0.967 bits per heavy atom. The summed E-state index contributed by atoms with van der Waals surface area (Å²) in [5, 5.41) is 3.65. The van der Waals surface area contributed by atoms with Gasteiger partial charge in [0.1, 0.15) is 4.32 Å². The Hall–Kier alpha value is -2.89. The monoisotopic (exact) mass is 428 g/mol. The van der Waals surface area contributed by atoms with E-state index in [2.05, 4.69) is 71.4 Å². The van der Waals surface area contributed by atoms with Gasteiger partial charge in [0.15, 0.2) is 0 Å². The highest BCUT2D eigenvalue weighted by molar-refractivity contribution is 8.26. The molecule has 148 valence electrons. The van der Waals surface area contributed by atoms with Crippen molar-refractivity contribution in [1.82, 2.24) is 9.47 Å². The second-order valence-electron chi connectivity index (χ2n) is 7.29. The van der Waals surface area contributed by atoms with Crippen LogP contribution < -0.4 is 0 Å². The zero-order valence-corrected chi connectivity index (χ0v) is 18.2. The van der Waals surface area contributed by atoms with Crippen LogP contribution in [0.25, 0.3) is 27.8 Å². The fraction of sp³-hybridized carbons (Fsp3) is 0.120. The molecule has 0 unspecified atom stereocenters. The summed E-state index contributed by atoms with van der Waals surface area (Å²) in [7, 11) is 0. The number of thioether (sulfide) groups is 1. The third-order valence-corrected chi connectivity index (χ3v) is 6.89. The van der Waals surface area contributed by atoms with Gasteiger partial charge in [-0.15, -0.1) is 0 Å². The molecule has 30 heavy (non-hydrogen) atoms. The third kappa shape index (κ3) is 3.24. The molecule has 0 atom stereocenters. The summed E-state index contributed by atoms with van der Waals surface area (Å²) in [4.78, 5) is 15.0. The number of likely N-dealkylation sites (N-methyl/N-ethyl adjacent to an activating group) is 1. The molecule has 1 aromatic heterocycles. The van der Waals surface area contributed by atoms with E-state index in [-0.39, 0.29) is 5.91 Å². The predicted octanol–water partition coefficient (Wildman–Crippen LogP) is 6.06. The Kier molecular flexibility index (Phi) is 4.93. The van der Waals surface area contributed by atoms with E-state index in [4.69, 9.17) is 12.2 Å². The Morgan fingerprint density at radius 2 is 1.70 bits per heavy atom. The number of benzene rings is 3. The maximum absolute atomic E-state index is 12.7. The van der Waals surface area contributed by atoms with Gasteiger partial charge >= 0.3 is 0 Å². The van der Waals surface area contributed by atoms with Crippen molar-refractivity contribution in [3.05, 3.63) is 89.0 Å². The fourth-order valence-electron chi connectivity index (χ4n) is 4.05. The number of nitrogens with zero attached hydrogens (tertiary/aromatic N) is 2. The molecule has 2 heterocycles. The maximum atomic E-state index is 12.7. The molecule has 5 rings (SSSR count). The normalized spacial score (nSPS) is 15.8.